The largest absolute Gasteiger partial charge is 0.306 e. The van der Waals surface area contributed by atoms with E-state index >= 15 is 0 Å². The van der Waals surface area contributed by atoms with E-state index in [1.54, 1.807) is 0 Å². The van der Waals surface area contributed by atoms with Crippen LogP contribution in [0.15, 0.2) is 36.7 Å². The molecule has 1 atom stereocenters. The number of nitrogens with zero attached hydrogens (tertiary/aromatic N) is 1. The monoisotopic (exact) mass is 232 g/mol. The molecule has 0 aliphatic carbocycles. The van der Waals surface area contributed by atoms with Gasteiger partial charge < -0.3 is 5.32 Å². The van der Waals surface area contributed by atoms with Crippen LogP contribution in [0.2, 0.25) is 0 Å². The molecule has 1 unspecified atom stereocenters. The van der Waals surface area contributed by atoms with Gasteiger partial charge in [0.15, 0.2) is 0 Å². The molecule has 2 aromatic heterocycles. The summed E-state index contributed by atoms with van der Waals surface area (Å²) in [6, 6.07) is 8.82. The van der Waals surface area contributed by atoms with Gasteiger partial charge in [-0.3, -0.25) is 4.98 Å². The average molecular weight is 232 g/mol. The molecule has 0 radical (unpaired) electrons. The van der Waals surface area contributed by atoms with Gasteiger partial charge in [0.1, 0.15) is 0 Å². The molecule has 0 amide bonds. The molecule has 3 heteroatoms. The van der Waals surface area contributed by atoms with Crippen LogP contribution in [-0.4, -0.2) is 11.5 Å². The second kappa shape index (κ2) is 5.23. The summed E-state index contributed by atoms with van der Waals surface area (Å²) < 4.78 is 0. The van der Waals surface area contributed by atoms with Crippen molar-refractivity contribution in [3.8, 4) is 0 Å². The minimum absolute atomic E-state index is 0.298. The van der Waals surface area contributed by atoms with Crippen LogP contribution in [0.3, 0.4) is 0 Å². The summed E-state index contributed by atoms with van der Waals surface area (Å²) in [6.45, 7) is 5.24. The highest BCUT2D eigenvalue weighted by molar-refractivity contribution is 7.12. The third-order valence-corrected chi connectivity index (χ3v) is 3.56. The van der Waals surface area contributed by atoms with Gasteiger partial charge in [0.25, 0.3) is 0 Å². The predicted molar refractivity (Wildman–Crippen MR) is 68.8 cm³/mol. The Labute approximate surface area is 100 Å². The van der Waals surface area contributed by atoms with Gasteiger partial charge in [0.2, 0.25) is 0 Å². The van der Waals surface area contributed by atoms with Crippen LogP contribution < -0.4 is 5.32 Å². The Hall–Kier alpha value is -1.19. The maximum absolute atomic E-state index is 4.06. The Morgan fingerprint density at radius 2 is 2.00 bits per heavy atom. The molecule has 2 nitrogen and oxygen atoms in total. The number of hydrogen-bond acceptors (Lipinski definition) is 3. The molecule has 0 aromatic carbocycles. The first-order chi connectivity index (χ1) is 7.81. The van der Waals surface area contributed by atoms with E-state index < -0.39 is 0 Å². The molecule has 0 saturated carbocycles. The first-order valence-electron chi connectivity index (χ1n) is 5.51. The molecule has 0 fully saturated rings. The number of hydrogen-bond donors (Lipinski definition) is 1. The number of aromatic nitrogens is 1. The van der Waals surface area contributed by atoms with Crippen molar-refractivity contribution in [2.75, 3.05) is 6.54 Å². The highest BCUT2D eigenvalue weighted by Gasteiger charge is 2.13. The molecule has 2 rings (SSSR count). The summed E-state index contributed by atoms with van der Waals surface area (Å²) >= 11 is 1.85. The van der Waals surface area contributed by atoms with Gasteiger partial charge in [-0.15, -0.1) is 11.3 Å². The molecule has 2 aromatic rings. The molecular weight excluding hydrogens is 216 g/mol. The maximum atomic E-state index is 4.06. The number of nitrogens with one attached hydrogen (secondary N) is 1. The number of thiophene rings is 1. The van der Waals surface area contributed by atoms with Gasteiger partial charge in [-0.2, -0.15) is 0 Å². The molecule has 0 spiro atoms. The Morgan fingerprint density at radius 3 is 2.56 bits per heavy atom. The third kappa shape index (κ3) is 2.49. The van der Waals surface area contributed by atoms with E-state index in [4.69, 9.17) is 0 Å². The summed E-state index contributed by atoms with van der Waals surface area (Å²) in [6.07, 6.45) is 3.69. The van der Waals surface area contributed by atoms with Crippen molar-refractivity contribution >= 4 is 11.3 Å². The first kappa shape index (κ1) is 11.3. The number of aryl methyl sites for hydroxylation is 1. The number of pyridine rings is 1. The van der Waals surface area contributed by atoms with Crippen LogP contribution in [0.1, 0.15) is 28.3 Å². The second-order valence-electron chi connectivity index (χ2n) is 3.72. The highest BCUT2D eigenvalue weighted by atomic mass is 32.1. The van der Waals surface area contributed by atoms with Gasteiger partial charge in [-0.05, 0) is 43.3 Å². The molecule has 0 aliphatic heterocycles. The Balaban J connectivity index is 2.31. The van der Waals surface area contributed by atoms with E-state index in [0.717, 1.165) is 6.54 Å². The van der Waals surface area contributed by atoms with Crippen molar-refractivity contribution in [3.05, 3.63) is 52.0 Å². The van der Waals surface area contributed by atoms with Gasteiger partial charge in [0.05, 0.1) is 6.04 Å². The van der Waals surface area contributed by atoms with Crippen LogP contribution >= 0.6 is 11.3 Å². The maximum Gasteiger partial charge on any atom is 0.0672 e. The van der Waals surface area contributed by atoms with E-state index in [-0.39, 0.29) is 0 Å². The smallest absolute Gasteiger partial charge is 0.0672 e. The van der Waals surface area contributed by atoms with Gasteiger partial charge in [0, 0.05) is 22.1 Å². The second-order valence-corrected chi connectivity index (χ2v) is 5.04. The molecule has 16 heavy (non-hydrogen) atoms. The minimum Gasteiger partial charge on any atom is -0.306 e. The molecule has 0 bridgehead atoms. The molecular formula is C13H16N2S. The molecule has 0 saturated heterocycles. The summed E-state index contributed by atoms with van der Waals surface area (Å²) in [5, 5.41) is 3.51. The van der Waals surface area contributed by atoms with Crippen molar-refractivity contribution in [3.63, 3.8) is 0 Å². The fourth-order valence-electron chi connectivity index (χ4n) is 1.75. The normalized spacial score (nSPS) is 12.6. The molecule has 1 N–H and O–H groups in total. The fraction of sp³-hybridized carbons (Fsp3) is 0.308. The lowest BCUT2D eigenvalue weighted by Gasteiger charge is -2.16. The zero-order valence-electron chi connectivity index (χ0n) is 9.60. The Bertz CT molecular complexity index is 436. The van der Waals surface area contributed by atoms with Crippen LogP contribution in [0.5, 0.6) is 0 Å². The predicted octanol–water partition coefficient (Wildman–Crippen LogP) is 3.15. The van der Waals surface area contributed by atoms with E-state index in [9.17, 15) is 0 Å². The quantitative estimate of drug-likeness (QED) is 0.876. The van der Waals surface area contributed by atoms with E-state index in [2.05, 4.69) is 48.4 Å². The number of rotatable bonds is 4. The molecule has 84 valence electrons. The van der Waals surface area contributed by atoms with E-state index in [1.165, 1.54) is 15.3 Å². The van der Waals surface area contributed by atoms with Gasteiger partial charge in [-0.25, -0.2) is 0 Å². The zero-order chi connectivity index (χ0) is 11.4. The van der Waals surface area contributed by atoms with Gasteiger partial charge in [-0.1, -0.05) is 6.92 Å². The van der Waals surface area contributed by atoms with Crippen molar-refractivity contribution in [1.82, 2.24) is 10.3 Å². The van der Waals surface area contributed by atoms with Gasteiger partial charge >= 0.3 is 0 Å². The summed E-state index contributed by atoms with van der Waals surface area (Å²) in [5.41, 5.74) is 1.28. The SMILES string of the molecule is CCNC(c1ccncc1)c1ccc(C)s1. The highest BCUT2D eigenvalue weighted by Crippen LogP contribution is 2.27. The van der Waals surface area contributed by atoms with E-state index in [0.29, 0.717) is 6.04 Å². The van der Waals surface area contributed by atoms with Crippen LogP contribution in [0, 0.1) is 6.92 Å². The van der Waals surface area contributed by atoms with Crippen LogP contribution in [-0.2, 0) is 0 Å². The average Bonchev–Trinajstić information content (AvgIpc) is 2.74. The minimum atomic E-state index is 0.298. The van der Waals surface area contributed by atoms with Crippen molar-refractivity contribution in [1.29, 1.82) is 0 Å². The summed E-state index contributed by atoms with van der Waals surface area (Å²) in [7, 11) is 0. The molecule has 2 heterocycles. The fourth-order valence-corrected chi connectivity index (χ4v) is 2.73. The Kier molecular flexibility index (Phi) is 3.70. The van der Waals surface area contributed by atoms with Crippen molar-refractivity contribution in [2.45, 2.75) is 19.9 Å². The summed E-state index contributed by atoms with van der Waals surface area (Å²) in [4.78, 5) is 6.78. The third-order valence-electron chi connectivity index (χ3n) is 2.49. The Morgan fingerprint density at radius 1 is 1.25 bits per heavy atom. The summed E-state index contributed by atoms with van der Waals surface area (Å²) in [5.74, 6) is 0. The van der Waals surface area contributed by atoms with Crippen molar-refractivity contribution < 1.29 is 0 Å². The van der Waals surface area contributed by atoms with Crippen LogP contribution in [0.25, 0.3) is 0 Å². The standard InChI is InChI=1S/C13H16N2S/c1-3-15-13(11-6-8-14-9-7-11)12-5-4-10(2)16-12/h4-9,13,15H,3H2,1-2H3. The lowest BCUT2D eigenvalue weighted by Crippen LogP contribution is -2.20. The zero-order valence-corrected chi connectivity index (χ0v) is 10.4. The van der Waals surface area contributed by atoms with Crippen LogP contribution in [0.4, 0.5) is 0 Å². The van der Waals surface area contributed by atoms with Crippen molar-refractivity contribution in [2.24, 2.45) is 0 Å². The van der Waals surface area contributed by atoms with E-state index in [1.807, 2.05) is 23.7 Å². The lowest BCUT2D eigenvalue weighted by atomic mass is 10.1. The topological polar surface area (TPSA) is 24.9 Å². The first-order valence-corrected chi connectivity index (χ1v) is 6.32. The molecule has 0 aliphatic rings. The lowest BCUT2D eigenvalue weighted by molar-refractivity contribution is 0.639.